The molecule has 0 aliphatic carbocycles. The average molecular weight is 754 g/mol. The van der Waals surface area contributed by atoms with Gasteiger partial charge in [-0.2, -0.15) is 4.72 Å². The number of aliphatic hydroxyl groups is 6. The Labute approximate surface area is 305 Å². The number of benzene rings is 2. The number of nitrogens with one attached hydrogen (secondary N) is 2. The maximum Gasteiger partial charge on any atom is 0.328 e. The van der Waals surface area contributed by atoms with Crippen LogP contribution in [-0.2, 0) is 24.3 Å². The Bertz CT molecular complexity index is 1570. The second-order valence-corrected chi connectivity index (χ2v) is 15.7. The zero-order chi connectivity index (χ0) is 38.2. The molecule has 1 amide bonds. The number of aliphatic hydroxyl groups excluding tert-OH is 6. The number of methoxy groups -OCH3 is 1. The van der Waals surface area contributed by atoms with Crippen LogP contribution in [0.25, 0.3) is 10.8 Å². The van der Waals surface area contributed by atoms with E-state index in [4.69, 9.17) is 4.74 Å². The van der Waals surface area contributed by atoms with Crippen molar-refractivity contribution in [2.75, 3.05) is 65.4 Å². The highest BCUT2D eigenvalue weighted by atomic mass is 32.2. The van der Waals surface area contributed by atoms with Gasteiger partial charge in [-0.25, -0.2) is 13.2 Å². The first-order valence-corrected chi connectivity index (χ1v) is 19.2. The third kappa shape index (κ3) is 10.8. The van der Waals surface area contributed by atoms with Crippen LogP contribution in [0.2, 0.25) is 0 Å². The Balaban J connectivity index is 1.47. The Morgan fingerprint density at radius 3 is 1.75 bits per heavy atom. The number of rotatable bonds is 17. The molecule has 2 saturated heterocycles. The smallest absolute Gasteiger partial charge is 0.328 e. The van der Waals surface area contributed by atoms with Gasteiger partial charge in [0.05, 0.1) is 36.4 Å². The number of hydrogen-bond acceptors (Lipinski definition) is 14. The van der Waals surface area contributed by atoms with Crippen molar-refractivity contribution >= 4 is 38.4 Å². The molecule has 16 nitrogen and oxygen atoms in total. The van der Waals surface area contributed by atoms with Gasteiger partial charge in [0, 0.05) is 56.7 Å². The number of unbranched alkanes of at least 4 members (excludes halogenated alkanes) is 2. The molecule has 2 heterocycles. The summed E-state index contributed by atoms with van der Waals surface area (Å²) in [6.07, 6.45) is -4.72. The lowest BCUT2D eigenvalue weighted by Gasteiger charge is -2.36. The summed E-state index contributed by atoms with van der Waals surface area (Å²) in [5.74, 6) is -1.41. The molecule has 2 aliphatic heterocycles. The number of likely N-dealkylation sites (tertiary alicyclic amines) is 2. The minimum absolute atomic E-state index is 0.00802. The highest BCUT2D eigenvalue weighted by molar-refractivity contribution is 7.89. The van der Waals surface area contributed by atoms with E-state index >= 15 is 0 Å². The van der Waals surface area contributed by atoms with Crippen LogP contribution in [0.5, 0.6) is 0 Å². The zero-order valence-corrected chi connectivity index (χ0v) is 30.9. The van der Waals surface area contributed by atoms with Crippen molar-refractivity contribution in [2.24, 2.45) is 0 Å². The van der Waals surface area contributed by atoms with Gasteiger partial charge in [-0.1, -0.05) is 30.7 Å². The van der Waals surface area contributed by atoms with Gasteiger partial charge in [-0.3, -0.25) is 14.6 Å². The van der Waals surface area contributed by atoms with Crippen molar-refractivity contribution in [1.82, 2.24) is 19.8 Å². The number of fused-ring (bicyclic) bond motifs is 1. The highest BCUT2D eigenvalue weighted by Crippen LogP contribution is 2.30. The highest BCUT2D eigenvalue weighted by Gasteiger charge is 2.35. The van der Waals surface area contributed by atoms with Gasteiger partial charge in [0.1, 0.15) is 24.3 Å². The van der Waals surface area contributed by atoms with E-state index in [1.807, 2.05) is 31.1 Å². The monoisotopic (exact) mass is 753 g/mol. The maximum absolute atomic E-state index is 14.0. The molecule has 8 atom stereocenters. The lowest BCUT2D eigenvalue weighted by atomic mass is 10.0. The van der Waals surface area contributed by atoms with Crippen LogP contribution in [-0.4, -0.2) is 170 Å². The minimum atomic E-state index is -4.27. The van der Waals surface area contributed by atoms with E-state index in [9.17, 15) is 48.6 Å². The van der Waals surface area contributed by atoms with E-state index in [1.54, 1.807) is 28.0 Å². The number of hydrogen-bond donors (Lipinski definition) is 8. The van der Waals surface area contributed by atoms with Crippen LogP contribution in [0.15, 0.2) is 41.3 Å². The Hall–Kier alpha value is -2.97. The molecule has 0 spiro atoms. The average Bonchev–Trinajstić information content (AvgIpc) is 3.10. The number of carbonyl (C=O) groups excluding carboxylic acids is 2. The summed E-state index contributed by atoms with van der Waals surface area (Å²) in [7, 11) is 0.629. The molecular weight excluding hydrogens is 698 g/mol. The van der Waals surface area contributed by atoms with E-state index < -0.39 is 70.6 Å². The molecule has 0 aromatic heterocycles. The Kier molecular flexibility index (Phi) is 15.2. The predicted octanol–water partition coefficient (Wildman–Crippen LogP) is -1.65. The van der Waals surface area contributed by atoms with Crippen LogP contribution in [0.4, 0.5) is 5.69 Å². The van der Waals surface area contributed by atoms with Crippen LogP contribution >= 0.6 is 0 Å². The molecule has 0 bridgehead atoms. The summed E-state index contributed by atoms with van der Waals surface area (Å²) < 4.78 is 35.5. The summed E-state index contributed by atoms with van der Waals surface area (Å²) in [5.41, 5.74) is 0.815. The summed E-state index contributed by atoms with van der Waals surface area (Å²) in [5, 5.41) is 63.6. The fourth-order valence-electron chi connectivity index (χ4n) is 6.93. The van der Waals surface area contributed by atoms with Crippen molar-refractivity contribution < 1.29 is 53.4 Å². The van der Waals surface area contributed by atoms with Crippen molar-refractivity contribution in [3.8, 4) is 0 Å². The number of ether oxygens (including phenoxy) is 1. The Morgan fingerprint density at radius 2 is 1.25 bits per heavy atom. The van der Waals surface area contributed by atoms with Crippen molar-refractivity contribution in [1.29, 1.82) is 0 Å². The van der Waals surface area contributed by atoms with Gasteiger partial charge in [-0.15, -0.1) is 0 Å². The first-order chi connectivity index (χ1) is 24.6. The zero-order valence-electron chi connectivity index (χ0n) is 30.0. The number of anilines is 1. The SMILES string of the molecule is COC(=O)[C@H](CCCCN1C[C@@H](O)C(O)[C@@H](O)C1)NC(=O)[C@H](CCCCN1C[C@@H](O)C(O)[C@@H](O)C1)NS(=O)(=O)c1cccc2c(N(C)C)cccc12. The lowest BCUT2D eigenvalue weighted by molar-refractivity contribution is -0.145. The second kappa shape index (κ2) is 18.9. The van der Waals surface area contributed by atoms with Gasteiger partial charge in [-0.05, 0) is 57.3 Å². The maximum atomic E-state index is 14.0. The molecule has 17 heteroatoms. The number of piperidine rings is 2. The number of amides is 1. The number of esters is 1. The summed E-state index contributed by atoms with van der Waals surface area (Å²) >= 11 is 0. The van der Waals surface area contributed by atoms with Crippen LogP contribution in [0, 0.1) is 0 Å². The third-order valence-corrected chi connectivity index (χ3v) is 11.4. The van der Waals surface area contributed by atoms with Crippen molar-refractivity contribution in [2.45, 2.75) is 92.1 Å². The standard InChI is InChI=1S/C35H55N5O11S/c1-38(2)26-14-8-11-23-22(26)10-9-15-31(23)52(49,50)37-24(12-4-6-16-39-18-27(41)32(45)28(42)19-39)34(47)36-25(35(48)51-3)13-5-7-17-40-20-29(43)33(46)30(44)21-40/h8-11,14-15,24-25,27-30,32-33,37,41-46H,4-7,12-13,16-21H2,1-3H3,(H,36,47)/t24-,25-,27-,28+,29-,30+,32?,33?/m0/s1. The molecule has 2 unspecified atom stereocenters. The number of β-amino-alcohol motifs (C(OH)–C–C–N with tert-alkyl or cyclic N) is 4. The first-order valence-electron chi connectivity index (χ1n) is 17.8. The summed E-state index contributed by atoms with van der Waals surface area (Å²) in [6.45, 7) is 1.58. The van der Waals surface area contributed by atoms with Crippen molar-refractivity contribution in [3.63, 3.8) is 0 Å². The molecule has 0 saturated carbocycles. The van der Waals surface area contributed by atoms with Gasteiger partial charge in [0.25, 0.3) is 0 Å². The molecule has 4 rings (SSSR count). The predicted molar refractivity (Wildman–Crippen MR) is 193 cm³/mol. The molecule has 52 heavy (non-hydrogen) atoms. The second-order valence-electron chi connectivity index (χ2n) is 14.0. The number of carbonyl (C=O) groups is 2. The quantitative estimate of drug-likeness (QED) is 0.0669. The third-order valence-electron chi connectivity index (χ3n) is 9.84. The fraction of sp³-hybridized carbons (Fsp3) is 0.657. The van der Waals surface area contributed by atoms with Crippen LogP contribution < -0.4 is 14.9 Å². The number of sulfonamides is 1. The van der Waals surface area contributed by atoms with E-state index in [1.165, 1.54) is 13.2 Å². The normalized spacial score (nSPS) is 25.8. The summed E-state index contributed by atoms with van der Waals surface area (Å²) in [6, 6.07) is 7.91. The molecule has 0 radical (unpaired) electrons. The van der Waals surface area contributed by atoms with Gasteiger partial charge in [0.2, 0.25) is 15.9 Å². The van der Waals surface area contributed by atoms with E-state index in [0.717, 1.165) is 5.69 Å². The minimum Gasteiger partial charge on any atom is -0.467 e. The Morgan fingerprint density at radius 1 is 0.769 bits per heavy atom. The molecule has 2 aliphatic rings. The van der Waals surface area contributed by atoms with Crippen molar-refractivity contribution in [3.05, 3.63) is 36.4 Å². The molecule has 2 aromatic carbocycles. The van der Waals surface area contributed by atoms with Crippen LogP contribution in [0.3, 0.4) is 0 Å². The van der Waals surface area contributed by atoms with Gasteiger partial charge in [0.15, 0.2) is 0 Å². The fourth-order valence-corrected chi connectivity index (χ4v) is 8.38. The summed E-state index contributed by atoms with van der Waals surface area (Å²) in [4.78, 5) is 32.1. The van der Waals surface area contributed by atoms with Crippen LogP contribution in [0.1, 0.15) is 38.5 Å². The van der Waals surface area contributed by atoms with Gasteiger partial charge >= 0.3 is 5.97 Å². The molecule has 292 valence electrons. The molecular formula is C35H55N5O11S. The largest absolute Gasteiger partial charge is 0.467 e. The lowest BCUT2D eigenvalue weighted by Crippen LogP contribution is -2.55. The van der Waals surface area contributed by atoms with Gasteiger partial charge < -0.3 is 45.6 Å². The van der Waals surface area contributed by atoms with E-state index in [-0.39, 0.29) is 43.9 Å². The van der Waals surface area contributed by atoms with E-state index in [0.29, 0.717) is 49.5 Å². The molecule has 2 aromatic rings. The topological polar surface area (TPSA) is 233 Å². The first kappa shape index (κ1) is 41.8. The van der Waals surface area contributed by atoms with E-state index in [2.05, 4.69) is 10.0 Å². The molecule has 8 N–H and O–H groups in total. The molecule has 2 fully saturated rings. The number of nitrogens with zero attached hydrogens (tertiary/aromatic N) is 3.